The second-order valence-electron chi connectivity index (χ2n) is 11.6. The van der Waals surface area contributed by atoms with Gasteiger partial charge in [-0.25, -0.2) is 0 Å². The summed E-state index contributed by atoms with van der Waals surface area (Å²) in [6, 6.07) is 8.12. The Morgan fingerprint density at radius 3 is 2.05 bits per heavy atom. The van der Waals surface area contributed by atoms with Crippen LogP contribution < -0.4 is 5.32 Å². The highest BCUT2D eigenvalue weighted by atomic mass is 16.7. The first-order chi connectivity index (χ1) is 20.8. The van der Waals surface area contributed by atoms with E-state index in [2.05, 4.69) is 12.2 Å². The Labute approximate surface area is 256 Å². The van der Waals surface area contributed by atoms with Crippen LogP contribution in [0.5, 0.6) is 0 Å². The zero-order valence-electron chi connectivity index (χ0n) is 25.7. The highest BCUT2D eigenvalue weighted by molar-refractivity contribution is 5.91. The molecule has 1 heterocycles. The third-order valence-electron chi connectivity index (χ3n) is 8.00. The lowest BCUT2D eigenvalue weighted by molar-refractivity contribution is -0.303. The number of unbranched alkanes of at least 4 members (excludes halogenated alkanes) is 11. The van der Waals surface area contributed by atoms with E-state index >= 15 is 0 Å². The normalized spacial score (nSPS) is 24.6. The average molecular weight is 610 g/mol. The molecule has 10 heteroatoms. The van der Waals surface area contributed by atoms with Crippen molar-refractivity contribution in [2.45, 2.75) is 139 Å². The maximum absolute atomic E-state index is 12.7. The van der Waals surface area contributed by atoms with Crippen molar-refractivity contribution in [1.29, 1.82) is 0 Å². The van der Waals surface area contributed by atoms with Gasteiger partial charge >= 0.3 is 0 Å². The number of hydrogen-bond acceptors (Lipinski definition) is 9. The fraction of sp³-hybridized carbons (Fsp3) is 0.727. The average Bonchev–Trinajstić information content (AvgIpc) is 3.02. The first kappa shape index (κ1) is 37.3. The molecule has 8 unspecified atom stereocenters. The minimum absolute atomic E-state index is 0.338. The predicted molar refractivity (Wildman–Crippen MR) is 165 cm³/mol. The Bertz CT molecular complexity index is 884. The summed E-state index contributed by atoms with van der Waals surface area (Å²) in [6.07, 6.45) is 7.50. The smallest absolute Gasteiger partial charge is 0.244 e. The van der Waals surface area contributed by atoms with Crippen LogP contribution in [0.4, 0.5) is 0 Å². The van der Waals surface area contributed by atoms with Crippen molar-refractivity contribution in [2.75, 3.05) is 13.2 Å². The molecule has 0 aliphatic carbocycles. The fourth-order valence-electron chi connectivity index (χ4n) is 5.23. The van der Waals surface area contributed by atoms with Gasteiger partial charge in [-0.15, -0.1) is 0 Å². The Kier molecular flexibility index (Phi) is 18.9. The van der Waals surface area contributed by atoms with Crippen LogP contribution in [0.25, 0.3) is 6.08 Å². The van der Waals surface area contributed by atoms with Crippen LogP contribution >= 0.6 is 0 Å². The van der Waals surface area contributed by atoms with Crippen molar-refractivity contribution in [3.63, 3.8) is 0 Å². The number of benzene rings is 1. The summed E-state index contributed by atoms with van der Waals surface area (Å²) in [5.74, 6) is -0.525. The summed E-state index contributed by atoms with van der Waals surface area (Å²) in [5.41, 5.74) is 0.805. The third-order valence-corrected chi connectivity index (χ3v) is 8.00. The maximum atomic E-state index is 12.7. The molecule has 0 aromatic heterocycles. The van der Waals surface area contributed by atoms with Gasteiger partial charge in [0.15, 0.2) is 6.29 Å². The molecule has 43 heavy (non-hydrogen) atoms. The molecular weight excluding hydrogens is 554 g/mol. The lowest BCUT2D eigenvalue weighted by Gasteiger charge is -2.40. The molecule has 1 aromatic rings. The van der Waals surface area contributed by atoms with E-state index in [1.807, 2.05) is 30.3 Å². The summed E-state index contributed by atoms with van der Waals surface area (Å²) < 4.78 is 11.0. The zero-order chi connectivity index (χ0) is 31.5. The lowest BCUT2D eigenvalue weighted by Crippen LogP contribution is -2.60. The summed E-state index contributed by atoms with van der Waals surface area (Å²) in [6.45, 7) is 1.24. The molecule has 7 N–H and O–H groups in total. The zero-order valence-corrected chi connectivity index (χ0v) is 25.7. The SMILES string of the molecule is CCCCCCCCCCCCCCC(O)C(O)C(COC1OC(CO)C(O)C(O)C1O)NC(=O)/C=C/c1ccccc1. The molecule has 1 aliphatic heterocycles. The van der Waals surface area contributed by atoms with Crippen LogP contribution in [0.15, 0.2) is 36.4 Å². The van der Waals surface area contributed by atoms with Gasteiger partial charge in [0.1, 0.15) is 30.5 Å². The summed E-state index contributed by atoms with van der Waals surface area (Å²) in [7, 11) is 0. The van der Waals surface area contributed by atoms with Crippen molar-refractivity contribution in [1.82, 2.24) is 5.32 Å². The molecule has 1 fully saturated rings. The molecule has 0 bridgehead atoms. The second kappa shape index (κ2) is 21.8. The Balaban J connectivity index is 1.85. The molecule has 0 spiro atoms. The molecule has 246 valence electrons. The van der Waals surface area contributed by atoms with Gasteiger partial charge in [0.05, 0.1) is 25.4 Å². The van der Waals surface area contributed by atoms with Crippen molar-refractivity contribution < 1.29 is 44.9 Å². The van der Waals surface area contributed by atoms with E-state index in [1.54, 1.807) is 6.08 Å². The van der Waals surface area contributed by atoms with Gasteiger partial charge in [-0.1, -0.05) is 114 Å². The molecule has 0 saturated carbocycles. The number of amides is 1. The predicted octanol–water partition coefficient (Wildman–Crippen LogP) is 2.81. The van der Waals surface area contributed by atoms with Crippen molar-refractivity contribution in [2.24, 2.45) is 0 Å². The molecule has 1 amide bonds. The monoisotopic (exact) mass is 609 g/mol. The van der Waals surface area contributed by atoms with Crippen LogP contribution in [0, 0.1) is 0 Å². The van der Waals surface area contributed by atoms with E-state index in [1.165, 1.54) is 57.4 Å². The summed E-state index contributed by atoms with van der Waals surface area (Å²) in [5, 5.41) is 64.2. The van der Waals surface area contributed by atoms with E-state index in [-0.39, 0.29) is 6.61 Å². The number of rotatable bonds is 22. The molecule has 1 aromatic carbocycles. The highest BCUT2D eigenvalue weighted by Crippen LogP contribution is 2.23. The second-order valence-corrected chi connectivity index (χ2v) is 11.6. The lowest BCUT2D eigenvalue weighted by atomic mass is 9.98. The topological polar surface area (TPSA) is 169 Å². The van der Waals surface area contributed by atoms with Gasteiger partial charge < -0.3 is 45.4 Å². The number of aliphatic hydroxyl groups is 6. The molecule has 2 rings (SSSR count). The molecular formula is C33H55NO9. The van der Waals surface area contributed by atoms with E-state index in [9.17, 15) is 35.4 Å². The first-order valence-corrected chi connectivity index (χ1v) is 16.1. The first-order valence-electron chi connectivity index (χ1n) is 16.1. The van der Waals surface area contributed by atoms with Crippen molar-refractivity contribution in [3.8, 4) is 0 Å². The molecule has 1 saturated heterocycles. The van der Waals surface area contributed by atoms with E-state index in [4.69, 9.17) is 9.47 Å². The van der Waals surface area contributed by atoms with Gasteiger partial charge in [-0.05, 0) is 18.1 Å². The van der Waals surface area contributed by atoms with Gasteiger partial charge in [-0.3, -0.25) is 4.79 Å². The Morgan fingerprint density at radius 1 is 0.884 bits per heavy atom. The van der Waals surface area contributed by atoms with E-state index in [0.717, 1.165) is 31.2 Å². The Hall–Kier alpha value is -1.89. The number of aliphatic hydroxyl groups excluding tert-OH is 6. The van der Waals surface area contributed by atoms with Gasteiger partial charge in [0.2, 0.25) is 5.91 Å². The quantitative estimate of drug-likeness (QED) is 0.0772. The minimum atomic E-state index is -1.63. The number of carbonyl (C=O) groups excluding carboxylic acids is 1. The molecule has 8 atom stereocenters. The van der Waals surface area contributed by atoms with Crippen LogP contribution in [0.3, 0.4) is 0 Å². The van der Waals surface area contributed by atoms with Gasteiger partial charge in [0, 0.05) is 6.08 Å². The van der Waals surface area contributed by atoms with Gasteiger partial charge in [-0.2, -0.15) is 0 Å². The number of nitrogens with one attached hydrogen (secondary N) is 1. The van der Waals surface area contributed by atoms with Crippen LogP contribution in [0.2, 0.25) is 0 Å². The fourth-order valence-corrected chi connectivity index (χ4v) is 5.23. The largest absolute Gasteiger partial charge is 0.394 e. The van der Waals surface area contributed by atoms with Crippen LogP contribution in [-0.2, 0) is 14.3 Å². The van der Waals surface area contributed by atoms with E-state index < -0.39 is 61.5 Å². The number of ether oxygens (including phenoxy) is 2. The number of hydrogen-bond donors (Lipinski definition) is 7. The highest BCUT2D eigenvalue weighted by Gasteiger charge is 2.44. The standard InChI is InChI=1S/C33H55NO9/c1-2-3-4-5-6-7-8-9-10-11-12-16-19-26(36)29(38)25(34-28(37)21-20-24-17-14-13-15-18-24)23-42-33-32(41)31(40)30(39)27(22-35)43-33/h13-15,17-18,20-21,25-27,29-33,35-36,38-41H,2-12,16,19,22-23H2,1H3,(H,34,37)/b21-20+. The summed E-state index contributed by atoms with van der Waals surface area (Å²) >= 11 is 0. The number of carbonyl (C=O) groups is 1. The molecule has 0 radical (unpaired) electrons. The van der Waals surface area contributed by atoms with Gasteiger partial charge in [0.25, 0.3) is 0 Å². The summed E-state index contributed by atoms with van der Waals surface area (Å²) in [4.78, 5) is 12.7. The van der Waals surface area contributed by atoms with Crippen molar-refractivity contribution in [3.05, 3.63) is 42.0 Å². The van der Waals surface area contributed by atoms with E-state index in [0.29, 0.717) is 6.42 Å². The maximum Gasteiger partial charge on any atom is 0.244 e. The third kappa shape index (κ3) is 14.2. The molecule has 10 nitrogen and oxygen atoms in total. The van der Waals surface area contributed by atoms with Crippen molar-refractivity contribution >= 4 is 12.0 Å². The minimum Gasteiger partial charge on any atom is -0.394 e. The van der Waals surface area contributed by atoms with Crippen LogP contribution in [-0.4, -0.2) is 98.7 Å². The molecule has 1 aliphatic rings. The van der Waals surface area contributed by atoms with Crippen LogP contribution in [0.1, 0.15) is 96.0 Å². The Morgan fingerprint density at radius 2 is 1.47 bits per heavy atom.